The van der Waals surface area contributed by atoms with Gasteiger partial charge in [0.1, 0.15) is 5.60 Å². The van der Waals surface area contributed by atoms with Gasteiger partial charge in [-0.3, -0.25) is 4.90 Å². The normalized spacial score (nSPS) is 26.0. The van der Waals surface area contributed by atoms with Gasteiger partial charge in [0.2, 0.25) is 0 Å². The second-order valence-corrected chi connectivity index (χ2v) is 10.3. The van der Waals surface area contributed by atoms with Crippen molar-refractivity contribution < 1.29 is 23.6 Å². The van der Waals surface area contributed by atoms with Crippen LogP contribution in [0.3, 0.4) is 0 Å². The van der Waals surface area contributed by atoms with Gasteiger partial charge >= 0.3 is 13.2 Å². The molecule has 2 fully saturated rings. The lowest BCUT2D eigenvalue weighted by molar-refractivity contribution is -0.0716. The Hall–Kier alpha value is -1.57. The van der Waals surface area contributed by atoms with Crippen molar-refractivity contribution in [3.8, 4) is 0 Å². The quantitative estimate of drug-likeness (QED) is 0.694. The number of amides is 1. The lowest BCUT2D eigenvalue weighted by atomic mass is 9.78. The summed E-state index contributed by atoms with van der Waals surface area (Å²) in [6, 6.07) is 7.89. The van der Waals surface area contributed by atoms with E-state index >= 15 is 0 Å². The number of morpholine rings is 1. The van der Waals surface area contributed by atoms with Gasteiger partial charge < -0.3 is 18.8 Å². The van der Waals surface area contributed by atoms with Gasteiger partial charge in [0, 0.05) is 0 Å². The molecule has 0 radical (unpaired) electrons. The van der Waals surface area contributed by atoms with Crippen LogP contribution < -0.4 is 5.46 Å². The predicted molar refractivity (Wildman–Crippen MR) is 118 cm³/mol. The molecule has 0 aromatic heterocycles. The van der Waals surface area contributed by atoms with Crippen molar-refractivity contribution in [3.05, 3.63) is 29.8 Å². The molecule has 0 spiro atoms. The standard InChI is InChI=1S/C23H36BNO5/c1-9-18-14-25(20(26)28-21(2,3)4)19(15-27-18)16-10-12-17(13-11-16)24-29-22(5,6)23(7,8)30-24/h10-13,18-19H,9,14-15H2,1-8H3/t18-,19-/m0/s1. The highest BCUT2D eigenvalue weighted by Crippen LogP contribution is 2.36. The first kappa shape index (κ1) is 23.1. The summed E-state index contributed by atoms with van der Waals surface area (Å²) >= 11 is 0. The fourth-order valence-electron chi connectivity index (χ4n) is 3.62. The average molecular weight is 417 g/mol. The number of benzene rings is 1. The molecule has 0 N–H and O–H groups in total. The number of hydrogen-bond acceptors (Lipinski definition) is 5. The molecule has 2 saturated heterocycles. The largest absolute Gasteiger partial charge is 0.494 e. The number of carbonyl (C=O) groups is 1. The highest BCUT2D eigenvalue weighted by Gasteiger charge is 2.51. The van der Waals surface area contributed by atoms with Crippen molar-refractivity contribution >= 4 is 18.7 Å². The molecule has 1 aromatic rings. The lowest BCUT2D eigenvalue weighted by Gasteiger charge is -2.40. The predicted octanol–water partition coefficient (Wildman–Crippen LogP) is 4.07. The Balaban J connectivity index is 1.79. The van der Waals surface area contributed by atoms with Gasteiger partial charge in [-0.1, -0.05) is 31.2 Å². The number of carbonyl (C=O) groups excluding carboxylic acids is 1. The van der Waals surface area contributed by atoms with Crippen LogP contribution in [0.25, 0.3) is 0 Å². The van der Waals surface area contributed by atoms with Crippen LogP contribution in [0.15, 0.2) is 24.3 Å². The molecule has 1 amide bonds. The Kier molecular flexibility index (Phi) is 6.29. The second-order valence-electron chi connectivity index (χ2n) is 10.3. The minimum Gasteiger partial charge on any atom is -0.444 e. The SMILES string of the molecule is CC[C@H]1CN(C(=O)OC(C)(C)C)[C@H](c2ccc(B3OC(C)(C)C(C)(C)O3)cc2)CO1. The first-order valence-electron chi connectivity index (χ1n) is 10.9. The van der Waals surface area contributed by atoms with Gasteiger partial charge in [-0.2, -0.15) is 0 Å². The van der Waals surface area contributed by atoms with E-state index in [4.69, 9.17) is 18.8 Å². The molecule has 3 rings (SSSR count). The van der Waals surface area contributed by atoms with Gasteiger partial charge in [0.05, 0.1) is 36.5 Å². The van der Waals surface area contributed by atoms with E-state index in [-0.39, 0.29) is 29.4 Å². The third-order valence-electron chi connectivity index (χ3n) is 6.20. The van der Waals surface area contributed by atoms with Crippen LogP contribution in [-0.2, 0) is 18.8 Å². The van der Waals surface area contributed by atoms with Gasteiger partial charge in [-0.15, -0.1) is 0 Å². The van der Waals surface area contributed by atoms with Crippen LogP contribution in [0.4, 0.5) is 4.79 Å². The van der Waals surface area contributed by atoms with Crippen LogP contribution in [0.5, 0.6) is 0 Å². The molecule has 2 aliphatic rings. The van der Waals surface area contributed by atoms with E-state index in [0.717, 1.165) is 17.4 Å². The zero-order valence-electron chi connectivity index (χ0n) is 19.7. The molecule has 0 bridgehead atoms. The summed E-state index contributed by atoms with van der Waals surface area (Å²) in [5, 5.41) is 0. The van der Waals surface area contributed by atoms with Crippen molar-refractivity contribution in [2.24, 2.45) is 0 Å². The van der Waals surface area contributed by atoms with Crippen molar-refractivity contribution in [2.45, 2.75) is 90.8 Å². The zero-order chi connectivity index (χ0) is 22.3. The minimum atomic E-state index is -0.539. The Bertz CT molecular complexity index is 740. The second kappa shape index (κ2) is 8.17. The van der Waals surface area contributed by atoms with E-state index in [9.17, 15) is 4.79 Å². The Morgan fingerprint density at radius 3 is 2.20 bits per heavy atom. The Morgan fingerprint density at radius 2 is 1.70 bits per heavy atom. The summed E-state index contributed by atoms with van der Waals surface area (Å²) in [6.07, 6.45) is 0.578. The van der Waals surface area contributed by atoms with E-state index in [1.807, 2.05) is 72.7 Å². The maximum absolute atomic E-state index is 12.9. The monoisotopic (exact) mass is 417 g/mol. The van der Waals surface area contributed by atoms with Gasteiger partial charge in [0.25, 0.3) is 0 Å². The Morgan fingerprint density at radius 1 is 1.13 bits per heavy atom. The fraction of sp³-hybridized carbons (Fsp3) is 0.696. The molecule has 2 heterocycles. The van der Waals surface area contributed by atoms with E-state index in [2.05, 4.69) is 6.92 Å². The molecule has 0 aliphatic carbocycles. The summed E-state index contributed by atoms with van der Waals surface area (Å²) < 4.78 is 23.9. The van der Waals surface area contributed by atoms with Crippen molar-refractivity contribution in [1.29, 1.82) is 0 Å². The first-order valence-corrected chi connectivity index (χ1v) is 10.9. The van der Waals surface area contributed by atoms with Crippen molar-refractivity contribution in [2.75, 3.05) is 13.2 Å². The molecule has 2 atom stereocenters. The van der Waals surface area contributed by atoms with E-state index in [1.165, 1.54) is 0 Å². The maximum Gasteiger partial charge on any atom is 0.494 e. The summed E-state index contributed by atoms with van der Waals surface area (Å²) in [6.45, 7) is 16.9. The van der Waals surface area contributed by atoms with Gasteiger partial charge in [-0.25, -0.2) is 4.79 Å². The Labute approximate surface area is 181 Å². The lowest BCUT2D eigenvalue weighted by Crippen LogP contribution is -2.49. The number of ether oxygens (including phenoxy) is 2. The van der Waals surface area contributed by atoms with Crippen LogP contribution >= 0.6 is 0 Å². The summed E-state index contributed by atoms with van der Waals surface area (Å²) in [5.41, 5.74) is 0.675. The zero-order valence-corrected chi connectivity index (χ0v) is 19.7. The highest BCUT2D eigenvalue weighted by molar-refractivity contribution is 6.62. The fourth-order valence-corrected chi connectivity index (χ4v) is 3.62. The molecule has 0 unspecified atom stereocenters. The molecule has 2 aliphatic heterocycles. The van der Waals surface area contributed by atoms with Crippen LogP contribution in [0.1, 0.15) is 73.4 Å². The van der Waals surface area contributed by atoms with E-state index in [0.29, 0.717) is 13.2 Å². The number of nitrogens with zero attached hydrogens (tertiary/aromatic N) is 1. The van der Waals surface area contributed by atoms with Gasteiger partial charge in [0.15, 0.2) is 0 Å². The van der Waals surface area contributed by atoms with Crippen LogP contribution in [0.2, 0.25) is 0 Å². The van der Waals surface area contributed by atoms with E-state index in [1.54, 1.807) is 4.90 Å². The third kappa shape index (κ3) is 4.84. The summed E-state index contributed by atoms with van der Waals surface area (Å²) in [5.74, 6) is 0. The molecule has 1 aromatic carbocycles. The smallest absolute Gasteiger partial charge is 0.444 e. The number of rotatable bonds is 3. The molecule has 166 valence electrons. The first-order chi connectivity index (χ1) is 13.8. The summed E-state index contributed by atoms with van der Waals surface area (Å²) in [7, 11) is -0.405. The molecular formula is C23H36BNO5. The molecule has 7 heteroatoms. The third-order valence-corrected chi connectivity index (χ3v) is 6.20. The van der Waals surface area contributed by atoms with Gasteiger partial charge in [-0.05, 0) is 65.9 Å². The minimum absolute atomic E-state index is 0.0257. The molecule has 30 heavy (non-hydrogen) atoms. The number of hydrogen-bond donors (Lipinski definition) is 0. The maximum atomic E-state index is 12.9. The average Bonchev–Trinajstić information content (AvgIpc) is 2.87. The van der Waals surface area contributed by atoms with E-state index < -0.39 is 12.7 Å². The topological polar surface area (TPSA) is 57.2 Å². The molecule has 6 nitrogen and oxygen atoms in total. The summed E-state index contributed by atoms with van der Waals surface area (Å²) in [4.78, 5) is 14.7. The van der Waals surface area contributed by atoms with Crippen molar-refractivity contribution in [1.82, 2.24) is 4.90 Å². The van der Waals surface area contributed by atoms with Crippen LogP contribution in [0, 0.1) is 0 Å². The molecule has 0 saturated carbocycles. The molecular weight excluding hydrogens is 381 g/mol. The van der Waals surface area contributed by atoms with Crippen LogP contribution in [-0.4, -0.2) is 54.2 Å². The van der Waals surface area contributed by atoms with Crippen molar-refractivity contribution in [3.63, 3.8) is 0 Å². The highest BCUT2D eigenvalue weighted by atomic mass is 16.7.